The molecular formula is C10H7ClF5NO3. The van der Waals surface area contributed by atoms with Gasteiger partial charge in [0.05, 0.1) is 18.0 Å². The summed E-state index contributed by atoms with van der Waals surface area (Å²) in [5.74, 6) is -3.18. The zero-order chi connectivity index (χ0) is 15.5. The summed E-state index contributed by atoms with van der Waals surface area (Å²) in [6.07, 6.45) is -9.12. The average molecular weight is 320 g/mol. The smallest absolute Gasteiger partial charge is 0.481 e. The Labute approximate surface area is 114 Å². The lowest BCUT2D eigenvalue weighted by molar-refractivity contribution is -0.276. The summed E-state index contributed by atoms with van der Waals surface area (Å²) >= 11 is 5.33. The number of carboxylic acids is 1. The first kappa shape index (κ1) is 16.4. The van der Waals surface area contributed by atoms with Crippen molar-refractivity contribution in [3.8, 4) is 5.88 Å². The van der Waals surface area contributed by atoms with Gasteiger partial charge in [-0.05, 0) is 6.07 Å². The molecule has 1 rings (SSSR count). The fraction of sp³-hybridized carbons (Fsp3) is 0.400. The van der Waals surface area contributed by atoms with Crippen LogP contribution in [0.1, 0.15) is 23.2 Å². The van der Waals surface area contributed by atoms with Crippen LogP contribution in [0.25, 0.3) is 0 Å². The molecule has 0 aliphatic carbocycles. The van der Waals surface area contributed by atoms with Gasteiger partial charge in [-0.2, -0.15) is 0 Å². The topological polar surface area (TPSA) is 59.4 Å². The van der Waals surface area contributed by atoms with Gasteiger partial charge < -0.3 is 9.84 Å². The van der Waals surface area contributed by atoms with E-state index in [1.807, 2.05) is 0 Å². The summed E-state index contributed by atoms with van der Waals surface area (Å²) in [6.45, 7) is 0. The molecule has 0 saturated heterocycles. The van der Waals surface area contributed by atoms with E-state index in [4.69, 9.17) is 16.7 Å². The summed E-state index contributed by atoms with van der Waals surface area (Å²) in [4.78, 5) is 13.8. The van der Waals surface area contributed by atoms with Crippen LogP contribution >= 0.6 is 11.6 Å². The average Bonchev–Trinajstić information content (AvgIpc) is 2.27. The molecule has 10 heteroatoms. The van der Waals surface area contributed by atoms with Crippen LogP contribution < -0.4 is 4.74 Å². The van der Waals surface area contributed by atoms with Gasteiger partial charge in [-0.15, -0.1) is 24.8 Å². The molecule has 0 aliphatic rings. The molecule has 1 aromatic rings. The highest BCUT2D eigenvalue weighted by atomic mass is 35.5. The van der Waals surface area contributed by atoms with Gasteiger partial charge in [0.25, 0.3) is 6.43 Å². The highest BCUT2D eigenvalue weighted by Gasteiger charge is 2.34. The standard InChI is InChI=1S/C10H7ClF5NO3/c11-3-6-5(8(12)13)1-4(2-7(18)19)9(17-6)20-10(14,15)16/h1,8H,2-3H2,(H,18,19). The van der Waals surface area contributed by atoms with Crippen LogP contribution in [-0.4, -0.2) is 22.4 Å². The number of aromatic nitrogens is 1. The zero-order valence-corrected chi connectivity index (χ0v) is 10.3. The third-order valence-corrected chi connectivity index (χ3v) is 2.34. The summed E-state index contributed by atoms with van der Waals surface area (Å²) in [6, 6.07) is 0.602. The number of carboxylic acid groups (broad SMARTS) is 1. The Morgan fingerprint density at radius 1 is 1.45 bits per heavy atom. The van der Waals surface area contributed by atoms with E-state index in [2.05, 4.69) is 9.72 Å². The molecule has 1 heterocycles. The molecule has 20 heavy (non-hydrogen) atoms. The summed E-state index contributed by atoms with van der Waals surface area (Å²) in [5, 5.41) is 8.57. The van der Waals surface area contributed by atoms with Gasteiger partial charge >= 0.3 is 12.3 Å². The maximum absolute atomic E-state index is 12.7. The number of nitrogens with zero attached hydrogens (tertiary/aromatic N) is 1. The van der Waals surface area contributed by atoms with Gasteiger partial charge in [-0.1, -0.05) is 0 Å². The first-order valence-corrected chi connectivity index (χ1v) is 5.52. The molecule has 0 saturated carbocycles. The number of ether oxygens (including phenoxy) is 1. The van der Waals surface area contributed by atoms with Crippen LogP contribution in [0.5, 0.6) is 5.88 Å². The normalized spacial score (nSPS) is 11.8. The highest BCUT2D eigenvalue weighted by Crippen LogP contribution is 2.31. The number of hydrogen-bond donors (Lipinski definition) is 1. The summed E-state index contributed by atoms with van der Waals surface area (Å²) in [7, 11) is 0. The molecule has 0 aliphatic heterocycles. The molecular weight excluding hydrogens is 313 g/mol. The number of pyridine rings is 1. The van der Waals surface area contributed by atoms with Crippen LogP contribution in [0, 0.1) is 0 Å². The Morgan fingerprint density at radius 3 is 2.45 bits per heavy atom. The van der Waals surface area contributed by atoms with E-state index >= 15 is 0 Å². The maximum atomic E-state index is 12.7. The molecule has 0 unspecified atom stereocenters. The minimum Gasteiger partial charge on any atom is -0.481 e. The van der Waals surface area contributed by atoms with E-state index in [0.717, 1.165) is 0 Å². The van der Waals surface area contributed by atoms with E-state index in [9.17, 15) is 26.7 Å². The summed E-state index contributed by atoms with van der Waals surface area (Å²) < 4.78 is 65.4. The van der Waals surface area contributed by atoms with Crippen molar-refractivity contribution in [2.45, 2.75) is 25.1 Å². The predicted octanol–water partition coefficient (Wildman–Crippen LogP) is 3.28. The van der Waals surface area contributed by atoms with Gasteiger partial charge in [-0.3, -0.25) is 4.79 Å². The van der Waals surface area contributed by atoms with Crippen LogP contribution in [0.3, 0.4) is 0 Å². The first-order valence-electron chi connectivity index (χ1n) is 4.98. The molecule has 0 radical (unpaired) electrons. The predicted molar refractivity (Wildman–Crippen MR) is 56.8 cm³/mol. The lowest BCUT2D eigenvalue weighted by Gasteiger charge is -2.15. The van der Waals surface area contributed by atoms with Gasteiger partial charge in [0.15, 0.2) is 0 Å². The molecule has 1 aromatic heterocycles. The van der Waals surface area contributed by atoms with Crippen molar-refractivity contribution in [2.75, 3.05) is 0 Å². The molecule has 0 atom stereocenters. The van der Waals surface area contributed by atoms with Crippen molar-refractivity contribution in [1.29, 1.82) is 0 Å². The maximum Gasteiger partial charge on any atom is 0.574 e. The minimum atomic E-state index is -5.13. The number of rotatable bonds is 5. The lowest BCUT2D eigenvalue weighted by atomic mass is 10.1. The molecule has 112 valence electrons. The molecule has 4 nitrogen and oxygen atoms in total. The molecule has 0 bridgehead atoms. The van der Waals surface area contributed by atoms with Crippen molar-refractivity contribution >= 4 is 17.6 Å². The molecule has 0 fully saturated rings. The monoisotopic (exact) mass is 319 g/mol. The van der Waals surface area contributed by atoms with Crippen molar-refractivity contribution in [3.05, 3.63) is 22.9 Å². The fourth-order valence-corrected chi connectivity index (χ4v) is 1.59. The van der Waals surface area contributed by atoms with E-state index in [-0.39, 0.29) is 0 Å². The van der Waals surface area contributed by atoms with Crippen molar-refractivity contribution in [3.63, 3.8) is 0 Å². The Morgan fingerprint density at radius 2 is 2.05 bits per heavy atom. The van der Waals surface area contributed by atoms with E-state index < -0.39 is 53.8 Å². The second-order valence-electron chi connectivity index (χ2n) is 3.54. The Balaban J connectivity index is 3.35. The second kappa shape index (κ2) is 6.21. The Bertz CT molecular complexity index is 506. The Kier molecular flexibility index (Phi) is 5.09. The largest absolute Gasteiger partial charge is 0.574 e. The van der Waals surface area contributed by atoms with Gasteiger partial charge in [0.1, 0.15) is 0 Å². The quantitative estimate of drug-likeness (QED) is 0.668. The van der Waals surface area contributed by atoms with Gasteiger partial charge in [-0.25, -0.2) is 13.8 Å². The summed E-state index contributed by atoms with van der Waals surface area (Å²) in [5.41, 5.74) is -1.85. The van der Waals surface area contributed by atoms with Crippen molar-refractivity contribution in [1.82, 2.24) is 4.98 Å². The van der Waals surface area contributed by atoms with Crippen molar-refractivity contribution in [2.24, 2.45) is 0 Å². The van der Waals surface area contributed by atoms with Gasteiger partial charge in [0, 0.05) is 11.1 Å². The number of carbonyl (C=O) groups is 1. The molecule has 0 spiro atoms. The molecule has 1 N–H and O–H groups in total. The van der Waals surface area contributed by atoms with Gasteiger partial charge in [0.2, 0.25) is 5.88 Å². The number of hydrogen-bond acceptors (Lipinski definition) is 3. The Hall–Kier alpha value is -1.64. The fourth-order valence-electron chi connectivity index (χ4n) is 1.38. The third-order valence-electron chi connectivity index (χ3n) is 2.09. The second-order valence-corrected chi connectivity index (χ2v) is 3.81. The molecule has 0 aromatic carbocycles. The lowest BCUT2D eigenvalue weighted by Crippen LogP contribution is -2.20. The number of aliphatic carboxylic acids is 1. The SMILES string of the molecule is O=C(O)Cc1cc(C(F)F)c(CCl)nc1OC(F)(F)F. The minimum absolute atomic E-state index is 0.505. The van der Waals surface area contributed by atoms with E-state index in [1.165, 1.54) is 0 Å². The molecule has 0 amide bonds. The first-order chi connectivity index (χ1) is 9.14. The van der Waals surface area contributed by atoms with Crippen LogP contribution in [0.2, 0.25) is 0 Å². The van der Waals surface area contributed by atoms with E-state index in [0.29, 0.717) is 6.07 Å². The van der Waals surface area contributed by atoms with Crippen LogP contribution in [0.4, 0.5) is 22.0 Å². The van der Waals surface area contributed by atoms with E-state index in [1.54, 1.807) is 0 Å². The van der Waals surface area contributed by atoms with Crippen molar-refractivity contribution < 1.29 is 36.6 Å². The highest BCUT2D eigenvalue weighted by molar-refractivity contribution is 6.17. The number of halogens is 6. The zero-order valence-electron chi connectivity index (χ0n) is 9.55. The third kappa shape index (κ3) is 4.48. The van der Waals surface area contributed by atoms with Crippen LogP contribution in [0.15, 0.2) is 6.07 Å². The number of alkyl halides is 6. The van der Waals surface area contributed by atoms with Crippen LogP contribution in [-0.2, 0) is 17.1 Å².